The molecular formula is C24H29N3O2S. The number of amidine groups is 1. The smallest absolute Gasteiger partial charge is 0.242 e. The van der Waals surface area contributed by atoms with Crippen LogP contribution in [0.5, 0.6) is 0 Å². The molecule has 30 heavy (non-hydrogen) atoms. The molecule has 1 fully saturated rings. The zero-order valence-corrected chi connectivity index (χ0v) is 19.1. The average Bonchev–Trinajstić information content (AvgIpc) is 2.93. The monoisotopic (exact) mass is 423 g/mol. The SMILES string of the molecule is CCCN1C(=O)[C@@H](CC(=O)Nc2c(C)cccc2C)SC1=Nc1cc(C)cc(C)c1. The number of thioether (sulfide) groups is 1. The summed E-state index contributed by atoms with van der Waals surface area (Å²) in [5, 5.41) is 3.21. The summed E-state index contributed by atoms with van der Waals surface area (Å²) in [6.07, 6.45) is 0.961. The Hall–Kier alpha value is -2.60. The van der Waals surface area contributed by atoms with Crippen molar-refractivity contribution in [2.45, 2.75) is 52.7 Å². The third-order valence-electron chi connectivity index (χ3n) is 5.01. The Morgan fingerprint density at radius 2 is 1.73 bits per heavy atom. The maximum Gasteiger partial charge on any atom is 0.242 e. The largest absolute Gasteiger partial charge is 0.326 e. The Balaban J connectivity index is 1.78. The predicted molar refractivity (Wildman–Crippen MR) is 126 cm³/mol. The number of carbonyl (C=O) groups excluding carboxylic acids is 2. The van der Waals surface area contributed by atoms with Crippen molar-refractivity contribution in [3.63, 3.8) is 0 Å². The van der Waals surface area contributed by atoms with Gasteiger partial charge in [0.15, 0.2) is 5.17 Å². The van der Waals surface area contributed by atoms with Gasteiger partial charge in [0.2, 0.25) is 11.8 Å². The summed E-state index contributed by atoms with van der Waals surface area (Å²) in [6, 6.07) is 12.0. The first kappa shape index (κ1) is 22.1. The first-order valence-electron chi connectivity index (χ1n) is 10.3. The number of amides is 2. The van der Waals surface area contributed by atoms with Crippen molar-refractivity contribution in [1.82, 2.24) is 4.90 Å². The van der Waals surface area contributed by atoms with E-state index >= 15 is 0 Å². The first-order chi connectivity index (χ1) is 14.3. The van der Waals surface area contributed by atoms with Crippen LogP contribution in [-0.4, -0.2) is 33.7 Å². The summed E-state index contributed by atoms with van der Waals surface area (Å²) in [6.45, 7) is 10.6. The Kier molecular flexibility index (Phi) is 6.98. The first-order valence-corrected chi connectivity index (χ1v) is 11.2. The molecular weight excluding hydrogens is 394 g/mol. The van der Waals surface area contributed by atoms with E-state index in [1.807, 2.05) is 65.0 Å². The van der Waals surface area contributed by atoms with Crippen molar-refractivity contribution in [3.8, 4) is 0 Å². The van der Waals surface area contributed by atoms with Crippen molar-refractivity contribution >= 4 is 40.1 Å². The van der Waals surface area contributed by atoms with Crippen molar-refractivity contribution in [2.24, 2.45) is 4.99 Å². The van der Waals surface area contributed by atoms with E-state index < -0.39 is 5.25 Å². The van der Waals surface area contributed by atoms with Crippen LogP contribution in [0.1, 0.15) is 42.0 Å². The highest BCUT2D eigenvalue weighted by molar-refractivity contribution is 8.15. The number of nitrogens with one attached hydrogen (secondary N) is 1. The van der Waals surface area contributed by atoms with E-state index in [1.54, 1.807) is 4.90 Å². The summed E-state index contributed by atoms with van der Waals surface area (Å²) >= 11 is 1.39. The Labute approximate surface area is 183 Å². The number of aliphatic imine (C=N–C) groups is 1. The standard InChI is InChI=1S/C24H29N3O2S/c1-6-10-27-23(29)20(14-21(28)26-22-17(4)8-7-9-18(22)5)30-24(27)25-19-12-15(2)11-16(3)13-19/h7-9,11-13,20H,6,10,14H2,1-5H3,(H,26,28)/t20-/m1/s1. The van der Waals surface area contributed by atoms with Gasteiger partial charge in [-0.25, -0.2) is 4.99 Å². The molecule has 2 amide bonds. The van der Waals surface area contributed by atoms with Crippen molar-refractivity contribution in [1.29, 1.82) is 0 Å². The fourth-order valence-electron chi connectivity index (χ4n) is 3.65. The van der Waals surface area contributed by atoms with Crippen LogP contribution in [0.15, 0.2) is 41.4 Å². The van der Waals surface area contributed by atoms with E-state index in [0.29, 0.717) is 11.7 Å². The molecule has 0 saturated carbocycles. The van der Waals surface area contributed by atoms with Crippen molar-refractivity contribution in [3.05, 3.63) is 58.7 Å². The van der Waals surface area contributed by atoms with Crippen LogP contribution in [0.25, 0.3) is 0 Å². The molecule has 3 rings (SSSR count). The second-order valence-corrected chi connectivity index (χ2v) is 9.03. The van der Waals surface area contributed by atoms with Gasteiger partial charge >= 0.3 is 0 Å². The quantitative estimate of drug-likeness (QED) is 0.687. The van der Waals surface area contributed by atoms with E-state index in [2.05, 4.69) is 11.4 Å². The van der Waals surface area contributed by atoms with Crippen LogP contribution in [0, 0.1) is 27.7 Å². The number of aryl methyl sites for hydroxylation is 4. The summed E-state index contributed by atoms with van der Waals surface area (Å²) in [5.74, 6) is -0.191. The number of rotatable bonds is 6. The van der Waals surface area contributed by atoms with Gasteiger partial charge in [0.1, 0.15) is 5.25 Å². The third-order valence-corrected chi connectivity index (χ3v) is 6.19. The molecule has 0 aliphatic carbocycles. The van der Waals surface area contributed by atoms with E-state index in [1.165, 1.54) is 11.8 Å². The number of anilines is 1. The van der Waals surface area contributed by atoms with Gasteiger partial charge in [0, 0.05) is 18.7 Å². The summed E-state index contributed by atoms with van der Waals surface area (Å²) in [5.41, 5.74) is 5.96. The molecule has 0 radical (unpaired) electrons. The highest BCUT2D eigenvalue weighted by Crippen LogP contribution is 2.32. The summed E-state index contributed by atoms with van der Waals surface area (Å²) in [7, 11) is 0. The molecule has 2 aromatic carbocycles. The average molecular weight is 424 g/mol. The molecule has 0 unspecified atom stereocenters. The molecule has 1 N–H and O–H groups in total. The minimum atomic E-state index is -0.453. The molecule has 1 aliphatic rings. The van der Waals surface area contributed by atoms with Crippen LogP contribution < -0.4 is 5.32 Å². The summed E-state index contributed by atoms with van der Waals surface area (Å²) < 4.78 is 0. The van der Waals surface area contributed by atoms with Gasteiger partial charge in [-0.2, -0.15) is 0 Å². The van der Waals surface area contributed by atoms with Gasteiger partial charge in [-0.1, -0.05) is 43.0 Å². The Bertz CT molecular complexity index is 959. The molecule has 0 bridgehead atoms. The van der Waals surface area contributed by atoms with Crippen LogP contribution in [-0.2, 0) is 9.59 Å². The number of benzene rings is 2. The molecule has 1 aliphatic heterocycles. The van der Waals surface area contributed by atoms with Crippen molar-refractivity contribution < 1.29 is 9.59 Å². The number of nitrogens with zero attached hydrogens (tertiary/aromatic N) is 2. The molecule has 5 nitrogen and oxygen atoms in total. The van der Waals surface area contributed by atoms with E-state index in [9.17, 15) is 9.59 Å². The fraction of sp³-hybridized carbons (Fsp3) is 0.375. The zero-order valence-electron chi connectivity index (χ0n) is 18.3. The van der Waals surface area contributed by atoms with Gasteiger partial charge < -0.3 is 5.32 Å². The molecule has 2 aromatic rings. The molecule has 0 aromatic heterocycles. The van der Waals surface area contributed by atoms with E-state index in [4.69, 9.17) is 4.99 Å². The lowest BCUT2D eigenvalue weighted by Crippen LogP contribution is -2.34. The number of carbonyl (C=O) groups is 2. The highest BCUT2D eigenvalue weighted by atomic mass is 32.2. The Morgan fingerprint density at radius 1 is 1.10 bits per heavy atom. The van der Waals surface area contributed by atoms with E-state index in [-0.39, 0.29) is 18.2 Å². The maximum absolute atomic E-state index is 13.0. The van der Waals surface area contributed by atoms with Gasteiger partial charge in [-0.3, -0.25) is 14.5 Å². The van der Waals surface area contributed by atoms with Crippen LogP contribution in [0.4, 0.5) is 11.4 Å². The maximum atomic E-state index is 13.0. The minimum Gasteiger partial charge on any atom is -0.326 e. The van der Waals surface area contributed by atoms with E-state index in [0.717, 1.165) is 40.0 Å². The third kappa shape index (κ3) is 5.11. The fourth-order valence-corrected chi connectivity index (χ4v) is 4.83. The molecule has 1 saturated heterocycles. The number of hydrogen-bond donors (Lipinski definition) is 1. The highest BCUT2D eigenvalue weighted by Gasteiger charge is 2.38. The van der Waals surface area contributed by atoms with Gasteiger partial charge in [-0.15, -0.1) is 0 Å². The molecule has 1 heterocycles. The topological polar surface area (TPSA) is 61.8 Å². The second kappa shape index (κ2) is 9.47. The summed E-state index contributed by atoms with van der Waals surface area (Å²) in [4.78, 5) is 32.2. The van der Waals surface area contributed by atoms with Gasteiger partial charge in [0.25, 0.3) is 0 Å². The van der Waals surface area contributed by atoms with Crippen molar-refractivity contribution in [2.75, 3.05) is 11.9 Å². The second-order valence-electron chi connectivity index (χ2n) is 7.86. The van der Waals surface area contributed by atoms with Crippen LogP contribution in [0.3, 0.4) is 0 Å². The van der Waals surface area contributed by atoms with Crippen LogP contribution >= 0.6 is 11.8 Å². The number of hydrogen-bond acceptors (Lipinski definition) is 4. The molecule has 1 atom stereocenters. The Morgan fingerprint density at radius 3 is 2.33 bits per heavy atom. The van der Waals surface area contributed by atoms with Crippen LogP contribution in [0.2, 0.25) is 0 Å². The lowest BCUT2D eigenvalue weighted by molar-refractivity contribution is -0.128. The molecule has 158 valence electrons. The molecule has 6 heteroatoms. The predicted octanol–water partition coefficient (Wildman–Crippen LogP) is 5.29. The lowest BCUT2D eigenvalue weighted by Gasteiger charge is -2.15. The molecule has 0 spiro atoms. The normalized spacial score (nSPS) is 17.6. The lowest BCUT2D eigenvalue weighted by atomic mass is 10.1. The van der Waals surface area contributed by atoms with Gasteiger partial charge in [0.05, 0.1) is 5.69 Å². The minimum absolute atomic E-state index is 0.0402. The zero-order chi connectivity index (χ0) is 21.8. The number of para-hydroxylation sites is 1. The van der Waals surface area contributed by atoms with Gasteiger partial charge in [-0.05, 0) is 68.5 Å².